The predicted molar refractivity (Wildman–Crippen MR) is 59.1 cm³/mol. The molecule has 1 heterocycles. The lowest BCUT2D eigenvalue weighted by Gasteiger charge is -1.92. The molecule has 0 N–H and O–H groups in total. The maximum absolute atomic E-state index is 5.77. The van der Waals surface area contributed by atoms with E-state index in [1.54, 1.807) is 6.26 Å². The van der Waals surface area contributed by atoms with Crippen molar-refractivity contribution in [1.29, 1.82) is 0 Å². The number of hydrogen-bond donors (Lipinski definition) is 0. The van der Waals surface area contributed by atoms with Crippen LogP contribution in [0.1, 0.15) is 11.3 Å². The van der Waals surface area contributed by atoms with Crippen LogP contribution in [0.15, 0.2) is 47.1 Å². The van der Waals surface area contributed by atoms with Gasteiger partial charge < -0.3 is 4.42 Å². The van der Waals surface area contributed by atoms with E-state index in [-0.39, 0.29) is 0 Å². The summed E-state index contributed by atoms with van der Waals surface area (Å²) in [5.74, 6) is 0.847. The van der Waals surface area contributed by atoms with Crippen molar-refractivity contribution >= 4 is 23.8 Å². The van der Waals surface area contributed by atoms with E-state index in [1.807, 2.05) is 48.6 Å². The Kier molecular flexibility index (Phi) is 2.70. The standard InChI is InChI=1S/C12H9ClO/c13-11-6-3-10(4-7-11)5-8-12-2-1-9-14-12/h1-9H. The molecule has 0 aliphatic rings. The predicted octanol–water partition coefficient (Wildman–Crippen LogP) is 4.10. The average Bonchev–Trinajstić information content (AvgIpc) is 2.70. The minimum atomic E-state index is 0.750. The van der Waals surface area contributed by atoms with Crippen LogP contribution in [0.3, 0.4) is 0 Å². The third-order valence-electron chi connectivity index (χ3n) is 1.85. The van der Waals surface area contributed by atoms with Gasteiger partial charge in [-0.2, -0.15) is 0 Å². The summed E-state index contributed by atoms with van der Waals surface area (Å²) in [5, 5.41) is 0.750. The van der Waals surface area contributed by atoms with E-state index in [2.05, 4.69) is 0 Å². The van der Waals surface area contributed by atoms with Crippen molar-refractivity contribution in [3.63, 3.8) is 0 Å². The first kappa shape index (κ1) is 9.10. The first-order chi connectivity index (χ1) is 6.84. The Balaban J connectivity index is 2.15. The molecule has 0 unspecified atom stereocenters. The lowest BCUT2D eigenvalue weighted by molar-refractivity contribution is 0.557. The van der Waals surface area contributed by atoms with Gasteiger partial charge in [-0.3, -0.25) is 0 Å². The largest absolute Gasteiger partial charge is 0.465 e. The molecule has 0 aliphatic heterocycles. The van der Waals surface area contributed by atoms with Crippen LogP contribution in [0, 0.1) is 0 Å². The van der Waals surface area contributed by atoms with Crippen molar-refractivity contribution in [2.24, 2.45) is 0 Å². The summed E-state index contributed by atoms with van der Waals surface area (Å²) in [6.45, 7) is 0. The van der Waals surface area contributed by atoms with E-state index in [1.165, 1.54) is 0 Å². The maximum Gasteiger partial charge on any atom is 0.126 e. The number of hydrogen-bond acceptors (Lipinski definition) is 1. The minimum Gasteiger partial charge on any atom is -0.465 e. The van der Waals surface area contributed by atoms with Gasteiger partial charge in [-0.15, -0.1) is 0 Å². The summed E-state index contributed by atoms with van der Waals surface area (Å²) >= 11 is 5.77. The summed E-state index contributed by atoms with van der Waals surface area (Å²) in [7, 11) is 0. The lowest BCUT2D eigenvalue weighted by atomic mass is 10.2. The molecule has 0 amide bonds. The van der Waals surface area contributed by atoms with Crippen LogP contribution in [-0.4, -0.2) is 0 Å². The van der Waals surface area contributed by atoms with Crippen molar-refractivity contribution < 1.29 is 4.42 Å². The van der Waals surface area contributed by atoms with Crippen molar-refractivity contribution in [1.82, 2.24) is 0 Å². The van der Waals surface area contributed by atoms with Gasteiger partial charge >= 0.3 is 0 Å². The summed E-state index contributed by atoms with van der Waals surface area (Å²) in [6.07, 6.45) is 5.56. The second kappa shape index (κ2) is 4.16. The maximum atomic E-state index is 5.77. The van der Waals surface area contributed by atoms with Crippen LogP contribution in [-0.2, 0) is 0 Å². The van der Waals surface area contributed by atoms with E-state index < -0.39 is 0 Å². The Morgan fingerprint density at radius 2 is 1.79 bits per heavy atom. The number of rotatable bonds is 2. The third-order valence-corrected chi connectivity index (χ3v) is 2.11. The van der Waals surface area contributed by atoms with Crippen molar-refractivity contribution in [3.05, 3.63) is 59.0 Å². The molecule has 2 rings (SSSR count). The number of halogens is 1. The van der Waals surface area contributed by atoms with Crippen LogP contribution in [0.4, 0.5) is 0 Å². The van der Waals surface area contributed by atoms with Crippen molar-refractivity contribution in [3.8, 4) is 0 Å². The molecule has 0 saturated carbocycles. The summed E-state index contributed by atoms with van der Waals surface area (Å²) in [5.41, 5.74) is 1.10. The fourth-order valence-electron chi connectivity index (χ4n) is 1.14. The Labute approximate surface area is 87.6 Å². The SMILES string of the molecule is Clc1ccc(C=Cc2ccco2)cc1. The van der Waals surface area contributed by atoms with E-state index in [9.17, 15) is 0 Å². The van der Waals surface area contributed by atoms with Crippen LogP contribution in [0.2, 0.25) is 5.02 Å². The van der Waals surface area contributed by atoms with Gasteiger partial charge in [0.2, 0.25) is 0 Å². The molecular formula is C12H9ClO. The molecule has 0 aliphatic carbocycles. The number of furan rings is 1. The van der Waals surface area contributed by atoms with Crippen LogP contribution in [0.25, 0.3) is 12.2 Å². The van der Waals surface area contributed by atoms with Gasteiger partial charge in [0, 0.05) is 5.02 Å². The zero-order chi connectivity index (χ0) is 9.80. The highest BCUT2D eigenvalue weighted by Crippen LogP contribution is 2.12. The molecule has 70 valence electrons. The lowest BCUT2D eigenvalue weighted by Crippen LogP contribution is -1.69. The molecule has 2 heteroatoms. The topological polar surface area (TPSA) is 13.1 Å². The molecule has 1 aromatic carbocycles. The highest BCUT2D eigenvalue weighted by atomic mass is 35.5. The summed E-state index contributed by atoms with van der Waals surface area (Å²) in [4.78, 5) is 0. The smallest absolute Gasteiger partial charge is 0.126 e. The minimum absolute atomic E-state index is 0.750. The summed E-state index contributed by atoms with van der Waals surface area (Å²) < 4.78 is 5.17. The van der Waals surface area contributed by atoms with Gasteiger partial charge in [0.05, 0.1) is 6.26 Å². The monoisotopic (exact) mass is 204 g/mol. The van der Waals surface area contributed by atoms with Crippen LogP contribution < -0.4 is 0 Å². The Morgan fingerprint density at radius 1 is 1.00 bits per heavy atom. The fourth-order valence-corrected chi connectivity index (χ4v) is 1.26. The zero-order valence-electron chi connectivity index (χ0n) is 7.48. The molecule has 0 saturated heterocycles. The van der Waals surface area contributed by atoms with E-state index in [0.29, 0.717) is 0 Å². The van der Waals surface area contributed by atoms with Gasteiger partial charge in [-0.1, -0.05) is 29.8 Å². The van der Waals surface area contributed by atoms with E-state index >= 15 is 0 Å². The van der Waals surface area contributed by atoms with E-state index in [4.69, 9.17) is 16.0 Å². The zero-order valence-corrected chi connectivity index (χ0v) is 8.24. The second-order valence-corrected chi connectivity index (χ2v) is 3.34. The Morgan fingerprint density at radius 3 is 2.43 bits per heavy atom. The van der Waals surface area contributed by atoms with E-state index in [0.717, 1.165) is 16.3 Å². The normalized spacial score (nSPS) is 10.9. The van der Waals surface area contributed by atoms with Crippen molar-refractivity contribution in [2.75, 3.05) is 0 Å². The molecule has 0 radical (unpaired) electrons. The van der Waals surface area contributed by atoms with Crippen LogP contribution >= 0.6 is 11.6 Å². The van der Waals surface area contributed by atoms with Gasteiger partial charge in [-0.25, -0.2) is 0 Å². The third kappa shape index (κ3) is 2.27. The van der Waals surface area contributed by atoms with Crippen LogP contribution in [0.5, 0.6) is 0 Å². The molecule has 14 heavy (non-hydrogen) atoms. The second-order valence-electron chi connectivity index (χ2n) is 2.90. The molecule has 0 fully saturated rings. The first-order valence-electron chi connectivity index (χ1n) is 4.32. The molecule has 0 bridgehead atoms. The van der Waals surface area contributed by atoms with Gasteiger partial charge in [-0.05, 0) is 35.9 Å². The Bertz CT molecular complexity index is 412. The van der Waals surface area contributed by atoms with Gasteiger partial charge in [0.25, 0.3) is 0 Å². The molecule has 0 spiro atoms. The highest BCUT2D eigenvalue weighted by molar-refractivity contribution is 6.30. The molecule has 1 nitrogen and oxygen atoms in total. The number of benzene rings is 1. The quantitative estimate of drug-likeness (QED) is 0.718. The molecular weight excluding hydrogens is 196 g/mol. The highest BCUT2D eigenvalue weighted by Gasteiger charge is 1.89. The first-order valence-corrected chi connectivity index (χ1v) is 4.69. The van der Waals surface area contributed by atoms with Gasteiger partial charge in [0.1, 0.15) is 5.76 Å². The summed E-state index contributed by atoms with van der Waals surface area (Å²) in [6, 6.07) is 11.4. The van der Waals surface area contributed by atoms with Crippen molar-refractivity contribution in [2.45, 2.75) is 0 Å². The molecule has 2 aromatic rings. The Hall–Kier alpha value is -1.47. The fraction of sp³-hybridized carbons (Fsp3) is 0. The van der Waals surface area contributed by atoms with Gasteiger partial charge in [0.15, 0.2) is 0 Å². The molecule has 1 aromatic heterocycles. The average molecular weight is 205 g/mol. The molecule has 0 atom stereocenters.